The van der Waals surface area contributed by atoms with Crippen LogP contribution in [0.15, 0.2) is 30.9 Å². The number of hydrogen-bond donors (Lipinski definition) is 2. The highest BCUT2D eigenvalue weighted by atomic mass is 19.1. The predicted molar refractivity (Wildman–Crippen MR) is 99.5 cm³/mol. The van der Waals surface area contributed by atoms with Crippen molar-refractivity contribution in [3.8, 4) is 0 Å². The van der Waals surface area contributed by atoms with E-state index in [2.05, 4.69) is 30.5 Å². The van der Waals surface area contributed by atoms with Crippen LogP contribution in [0.4, 0.5) is 16.0 Å². The molecular formula is C18H20FN7O. The quantitative estimate of drug-likeness (QED) is 0.727. The van der Waals surface area contributed by atoms with E-state index in [-0.39, 0.29) is 5.65 Å². The number of halogens is 1. The van der Waals surface area contributed by atoms with Crippen LogP contribution in [-0.4, -0.2) is 51.4 Å². The molecule has 27 heavy (non-hydrogen) atoms. The van der Waals surface area contributed by atoms with E-state index >= 15 is 0 Å². The predicted octanol–water partition coefficient (Wildman–Crippen LogP) is 1.62. The maximum Gasteiger partial charge on any atom is 0.258 e. The van der Waals surface area contributed by atoms with Gasteiger partial charge in [0.1, 0.15) is 0 Å². The molecule has 1 aliphatic rings. The average Bonchev–Trinajstić information content (AvgIpc) is 3.28. The molecule has 2 N–H and O–H groups in total. The van der Waals surface area contributed by atoms with Crippen LogP contribution in [-0.2, 0) is 0 Å². The van der Waals surface area contributed by atoms with Crippen molar-refractivity contribution in [1.82, 2.24) is 24.7 Å². The molecule has 1 saturated heterocycles. The number of amides is 1. The second kappa shape index (κ2) is 6.92. The standard InChI is InChI=1S/C18H20FN7O/c1-11-8-26-10-14(5-15(19)16(26)23-11)24-17(27)12-6-21-18(22-7-12)25-4-3-13(9-25)20-2/h5-8,10,13,20H,3-4,9H2,1-2H3,(H,24,27)/t13-/m0/s1. The molecule has 1 amide bonds. The Kier molecular flexibility index (Phi) is 4.44. The highest BCUT2D eigenvalue weighted by molar-refractivity contribution is 6.03. The van der Waals surface area contributed by atoms with Crippen LogP contribution in [0.1, 0.15) is 22.5 Å². The van der Waals surface area contributed by atoms with Gasteiger partial charge >= 0.3 is 0 Å². The van der Waals surface area contributed by atoms with Crippen LogP contribution in [0.5, 0.6) is 0 Å². The zero-order valence-corrected chi connectivity index (χ0v) is 15.1. The molecule has 3 aromatic rings. The number of fused-ring (bicyclic) bond motifs is 1. The number of anilines is 2. The van der Waals surface area contributed by atoms with Crippen molar-refractivity contribution in [1.29, 1.82) is 0 Å². The van der Waals surface area contributed by atoms with Crippen LogP contribution in [0.2, 0.25) is 0 Å². The van der Waals surface area contributed by atoms with Gasteiger partial charge < -0.3 is 19.9 Å². The van der Waals surface area contributed by atoms with Crippen LogP contribution in [0.25, 0.3) is 5.65 Å². The van der Waals surface area contributed by atoms with Gasteiger partial charge in [-0.1, -0.05) is 0 Å². The van der Waals surface area contributed by atoms with Gasteiger partial charge in [0.2, 0.25) is 5.95 Å². The molecule has 0 unspecified atom stereocenters. The van der Waals surface area contributed by atoms with E-state index in [4.69, 9.17) is 0 Å². The summed E-state index contributed by atoms with van der Waals surface area (Å²) in [6.45, 7) is 3.50. The largest absolute Gasteiger partial charge is 0.339 e. The van der Waals surface area contributed by atoms with Crippen LogP contribution < -0.4 is 15.5 Å². The summed E-state index contributed by atoms with van der Waals surface area (Å²) >= 11 is 0. The van der Waals surface area contributed by atoms with Crippen molar-refractivity contribution in [2.24, 2.45) is 0 Å². The molecule has 0 saturated carbocycles. The number of rotatable bonds is 4. The Hall–Kier alpha value is -3.07. The fourth-order valence-corrected chi connectivity index (χ4v) is 3.23. The van der Waals surface area contributed by atoms with Crippen molar-refractivity contribution in [3.63, 3.8) is 0 Å². The number of nitrogens with one attached hydrogen (secondary N) is 2. The van der Waals surface area contributed by atoms with Gasteiger partial charge in [0, 0.05) is 50.0 Å². The third-order valence-corrected chi connectivity index (χ3v) is 4.66. The van der Waals surface area contributed by atoms with E-state index < -0.39 is 11.7 Å². The molecule has 0 aromatic carbocycles. The van der Waals surface area contributed by atoms with Crippen molar-refractivity contribution in [3.05, 3.63) is 47.9 Å². The second-order valence-electron chi connectivity index (χ2n) is 6.64. The van der Waals surface area contributed by atoms with Crippen molar-refractivity contribution in [2.75, 3.05) is 30.4 Å². The number of carbonyl (C=O) groups excluding carboxylic acids is 1. The van der Waals surface area contributed by atoms with Gasteiger partial charge in [-0.25, -0.2) is 19.3 Å². The Morgan fingerprint density at radius 2 is 2.07 bits per heavy atom. The molecule has 140 valence electrons. The second-order valence-corrected chi connectivity index (χ2v) is 6.64. The SMILES string of the molecule is CN[C@H]1CCN(c2ncc(C(=O)Nc3cc(F)c4nc(C)cn4c3)cn2)C1. The zero-order chi connectivity index (χ0) is 19.0. The Morgan fingerprint density at radius 3 is 2.78 bits per heavy atom. The summed E-state index contributed by atoms with van der Waals surface area (Å²) in [6, 6.07) is 1.67. The van der Waals surface area contributed by atoms with E-state index in [1.807, 2.05) is 7.05 Å². The number of imidazole rings is 1. The number of aryl methyl sites for hydroxylation is 1. The molecule has 8 nitrogen and oxygen atoms in total. The molecule has 4 heterocycles. The number of likely N-dealkylation sites (N-methyl/N-ethyl adjacent to an activating group) is 1. The first kappa shape index (κ1) is 17.3. The first-order valence-corrected chi connectivity index (χ1v) is 8.74. The van der Waals surface area contributed by atoms with Gasteiger partial charge in [0.25, 0.3) is 5.91 Å². The lowest BCUT2D eigenvalue weighted by molar-refractivity contribution is 0.102. The lowest BCUT2D eigenvalue weighted by atomic mass is 10.3. The highest BCUT2D eigenvalue weighted by Gasteiger charge is 2.23. The van der Waals surface area contributed by atoms with E-state index in [0.29, 0.717) is 28.9 Å². The maximum absolute atomic E-state index is 14.1. The minimum absolute atomic E-state index is 0.226. The van der Waals surface area contributed by atoms with E-state index in [0.717, 1.165) is 19.5 Å². The number of carbonyl (C=O) groups is 1. The van der Waals surface area contributed by atoms with Crippen LogP contribution >= 0.6 is 0 Å². The molecule has 0 radical (unpaired) electrons. The summed E-state index contributed by atoms with van der Waals surface area (Å²) in [5.74, 6) is -0.294. The molecule has 1 fully saturated rings. The van der Waals surface area contributed by atoms with Crippen LogP contribution in [0, 0.1) is 12.7 Å². The molecular weight excluding hydrogens is 349 g/mol. The summed E-state index contributed by atoms with van der Waals surface area (Å²) in [5, 5.41) is 5.92. The number of pyridine rings is 1. The molecule has 1 aliphatic heterocycles. The Balaban J connectivity index is 1.48. The average molecular weight is 369 g/mol. The smallest absolute Gasteiger partial charge is 0.258 e. The summed E-state index contributed by atoms with van der Waals surface area (Å²) in [6.07, 6.45) is 7.32. The summed E-state index contributed by atoms with van der Waals surface area (Å²) in [7, 11) is 1.94. The molecule has 4 rings (SSSR count). The van der Waals surface area contributed by atoms with Crippen molar-refractivity contribution >= 4 is 23.2 Å². The molecule has 1 atom stereocenters. The summed E-state index contributed by atoms with van der Waals surface area (Å²) < 4.78 is 15.7. The van der Waals surface area contributed by atoms with E-state index in [1.165, 1.54) is 18.5 Å². The lowest BCUT2D eigenvalue weighted by Gasteiger charge is -2.16. The van der Waals surface area contributed by atoms with Gasteiger partial charge in [0.05, 0.1) is 16.9 Å². The maximum atomic E-state index is 14.1. The van der Waals surface area contributed by atoms with Gasteiger partial charge in [-0.2, -0.15) is 0 Å². The van der Waals surface area contributed by atoms with Gasteiger partial charge in [-0.15, -0.1) is 0 Å². The van der Waals surface area contributed by atoms with E-state index in [9.17, 15) is 9.18 Å². The van der Waals surface area contributed by atoms with Crippen molar-refractivity contribution in [2.45, 2.75) is 19.4 Å². The molecule has 9 heteroatoms. The van der Waals surface area contributed by atoms with Crippen molar-refractivity contribution < 1.29 is 9.18 Å². The van der Waals surface area contributed by atoms with Gasteiger partial charge in [-0.05, 0) is 20.4 Å². The number of nitrogens with zero attached hydrogens (tertiary/aromatic N) is 5. The molecule has 0 bridgehead atoms. The Bertz CT molecular complexity index is 985. The normalized spacial score (nSPS) is 16.9. The van der Waals surface area contributed by atoms with E-state index in [1.54, 1.807) is 23.7 Å². The molecule has 3 aromatic heterocycles. The molecule has 0 aliphatic carbocycles. The fraction of sp³-hybridized carbons (Fsp3) is 0.333. The Morgan fingerprint density at radius 1 is 1.30 bits per heavy atom. The van der Waals surface area contributed by atoms with Gasteiger partial charge in [-0.3, -0.25) is 4.79 Å². The van der Waals surface area contributed by atoms with Gasteiger partial charge in [0.15, 0.2) is 11.5 Å². The third kappa shape index (κ3) is 3.45. The minimum atomic E-state index is -0.499. The fourth-order valence-electron chi connectivity index (χ4n) is 3.23. The zero-order valence-electron chi connectivity index (χ0n) is 15.1. The highest BCUT2D eigenvalue weighted by Crippen LogP contribution is 2.18. The number of hydrogen-bond acceptors (Lipinski definition) is 6. The van der Waals surface area contributed by atoms with Crippen LogP contribution in [0.3, 0.4) is 0 Å². The first-order valence-electron chi connectivity index (χ1n) is 8.74. The lowest BCUT2D eigenvalue weighted by Crippen LogP contribution is -2.30. The molecule has 0 spiro atoms. The first-order chi connectivity index (χ1) is 13.0. The Labute approximate surface area is 155 Å². The minimum Gasteiger partial charge on any atom is -0.339 e. The third-order valence-electron chi connectivity index (χ3n) is 4.66. The monoisotopic (exact) mass is 369 g/mol. The topological polar surface area (TPSA) is 87.5 Å². The summed E-state index contributed by atoms with van der Waals surface area (Å²) in [5.41, 5.74) is 1.57. The summed E-state index contributed by atoms with van der Waals surface area (Å²) in [4.78, 5) is 27.2. The number of aromatic nitrogens is 4.